The van der Waals surface area contributed by atoms with Gasteiger partial charge in [0.2, 0.25) is 0 Å². The van der Waals surface area contributed by atoms with E-state index in [9.17, 15) is 28.4 Å². The molecule has 0 spiro atoms. The van der Waals surface area contributed by atoms with Gasteiger partial charge in [0, 0.05) is 42.8 Å². The largest absolute Gasteiger partial charge is 0.465 e. The van der Waals surface area contributed by atoms with Crippen molar-refractivity contribution < 1.29 is 56.8 Å². The average molecular weight is 1220 g/mol. The third kappa shape index (κ3) is 28.3. The fourth-order valence-electron chi connectivity index (χ4n) is 11.9. The molecular weight excluding hydrogens is 1110 g/mol. The van der Waals surface area contributed by atoms with E-state index in [1.165, 1.54) is 128 Å². The molecular formula is C74H109FN2O11. The maximum Gasteiger partial charge on any atom is 0.309 e. The summed E-state index contributed by atoms with van der Waals surface area (Å²) in [5.41, 5.74) is 5.07. The van der Waals surface area contributed by atoms with E-state index < -0.39 is 41.9 Å². The van der Waals surface area contributed by atoms with Gasteiger partial charge >= 0.3 is 23.9 Å². The van der Waals surface area contributed by atoms with E-state index in [1.807, 2.05) is 60.7 Å². The van der Waals surface area contributed by atoms with Gasteiger partial charge in [0.1, 0.15) is 25.6 Å². The van der Waals surface area contributed by atoms with Crippen LogP contribution in [0, 0.1) is 5.82 Å². The quantitative estimate of drug-likeness (QED) is 0.0255. The van der Waals surface area contributed by atoms with Crippen LogP contribution in [-0.2, 0) is 54.1 Å². The second kappa shape index (κ2) is 42.2. The van der Waals surface area contributed by atoms with Crippen LogP contribution in [0.2, 0.25) is 0 Å². The Bertz CT molecular complexity index is 2560. The monoisotopic (exact) mass is 1220 g/mol. The van der Waals surface area contributed by atoms with E-state index in [-0.39, 0.29) is 69.3 Å². The predicted octanol–water partition coefficient (Wildman–Crippen LogP) is 18.9. The van der Waals surface area contributed by atoms with Crippen LogP contribution in [0.5, 0.6) is 0 Å². The third-order valence-corrected chi connectivity index (χ3v) is 16.5. The molecule has 1 amide bonds. The number of halogens is 1. The summed E-state index contributed by atoms with van der Waals surface area (Å²) in [6.07, 6.45) is 30.1. The lowest BCUT2D eigenvalue weighted by Gasteiger charge is -2.40. The number of unbranched alkanes of at least 4 members (excludes halogenated alkanes) is 24. The van der Waals surface area contributed by atoms with Crippen molar-refractivity contribution >= 4 is 35.5 Å². The fourth-order valence-corrected chi connectivity index (χ4v) is 11.9. The highest BCUT2D eigenvalue weighted by Gasteiger charge is 2.38. The molecule has 2 atom stereocenters. The minimum Gasteiger partial charge on any atom is -0.465 e. The van der Waals surface area contributed by atoms with Crippen LogP contribution in [0.4, 0.5) is 10.1 Å². The summed E-state index contributed by atoms with van der Waals surface area (Å²) in [6, 6.07) is 25.4. The number of benzene rings is 3. The number of hydrogen-bond donors (Lipinski definition) is 1. The molecule has 0 radical (unpaired) electrons. The Morgan fingerprint density at radius 2 is 1.02 bits per heavy atom. The second-order valence-corrected chi connectivity index (χ2v) is 25.0. The summed E-state index contributed by atoms with van der Waals surface area (Å²) in [6.45, 7) is 11.8. The number of carbonyl (C=O) groups is 5. The van der Waals surface area contributed by atoms with Crippen molar-refractivity contribution in [2.24, 2.45) is 0 Å². The normalized spacial score (nSPS) is 14.7. The van der Waals surface area contributed by atoms with E-state index >= 15 is 0 Å². The van der Waals surface area contributed by atoms with Gasteiger partial charge in [-0.1, -0.05) is 230 Å². The zero-order valence-electron chi connectivity index (χ0n) is 54.7. The van der Waals surface area contributed by atoms with Crippen LogP contribution in [0.3, 0.4) is 0 Å². The predicted molar refractivity (Wildman–Crippen MR) is 349 cm³/mol. The molecule has 0 saturated carbocycles. The summed E-state index contributed by atoms with van der Waals surface area (Å²) in [5, 5.41) is 3.13. The van der Waals surface area contributed by atoms with Crippen LogP contribution in [0.15, 0.2) is 84.9 Å². The van der Waals surface area contributed by atoms with E-state index in [4.69, 9.17) is 28.4 Å². The smallest absolute Gasteiger partial charge is 0.309 e. The second-order valence-electron chi connectivity index (χ2n) is 25.0. The third-order valence-electron chi connectivity index (χ3n) is 16.5. The van der Waals surface area contributed by atoms with Gasteiger partial charge in [-0.15, -0.1) is 0 Å². The highest BCUT2D eigenvalue weighted by molar-refractivity contribution is 6.12. The van der Waals surface area contributed by atoms with Crippen LogP contribution in [0.1, 0.15) is 269 Å². The summed E-state index contributed by atoms with van der Waals surface area (Å²) in [5.74, 6) is -3.87. The number of rotatable bonds is 46. The zero-order chi connectivity index (χ0) is 63.2. The Morgan fingerprint density at radius 1 is 0.557 bits per heavy atom. The van der Waals surface area contributed by atoms with Crippen LogP contribution >= 0.6 is 0 Å². The summed E-state index contributed by atoms with van der Waals surface area (Å²) in [7, 11) is 0. The number of esters is 4. The van der Waals surface area contributed by atoms with Crippen molar-refractivity contribution in [2.75, 3.05) is 25.1 Å². The highest BCUT2D eigenvalue weighted by atomic mass is 19.1. The van der Waals surface area contributed by atoms with E-state index in [2.05, 4.69) is 37.6 Å². The van der Waals surface area contributed by atoms with Crippen LogP contribution < -0.4 is 5.32 Å². The first-order chi connectivity index (χ1) is 42.7. The molecule has 2 heterocycles. The maximum atomic E-state index is 14.6. The lowest BCUT2D eigenvalue weighted by molar-refractivity contribution is -0.300. The number of anilines is 1. The number of para-hydroxylation sites is 1. The molecule has 0 aliphatic carbocycles. The standard InChI is InChI=1S/C74H109FN2O11/c1-7-9-11-13-15-17-19-21-23-25-27-29-37-43-65(78)84-55-64(56-85-66(79)44-38-30-28-26-24-22-20-18-16-14-12-10-8-2)86-67(80)50-52-83-68(81)54-63-53-62(87-74(5,6)88-63)49-51-77-71(57(3)4)70(73(82)76-61-41-35-32-36-42-61)69(58-39-33-31-34-40-58)72(77)59-45-47-60(75)48-46-59/h31-36,39-42,45-48,57,62-64H,7-30,37-38,43-44,49-56H2,1-6H3,(H,76,82)/t62-,63-/m1/s1. The molecule has 88 heavy (non-hydrogen) atoms. The highest BCUT2D eigenvalue weighted by Crippen LogP contribution is 2.43. The average Bonchev–Trinajstić information content (AvgIpc) is 1.80. The molecule has 3 aromatic carbocycles. The Balaban J connectivity index is 1.13. The maximum absolute atomic E-state index is 14.6. The SMILES string of the molecule is CCCCCCCCCCCCCCCC(=O)OCC(COC(=O)CCCCCCCCCCCCCCC)OC(=O)CCOC(=O)C[C@H]1C[C@@H](CCn2c(-c3ccc(F)cc3)c(-c3ccccc3)c(C(=O)Nc3ccccc3)c2C(C)C)OC(C)(C)O1. The lowest BCUT2D eigenvalue weighted by atomic mass is 9.94. The number of nitrogens with one attached hydrogen (secondary N) is 1. The van der Waals surface area contributed by atoms with Crippen molar-refractivity contribution in [1.29, 1.82) is 0 Å². The minimum atomic E-state index is -1.06. The Morgan fingerprint density at radius 3 is 1.51 bits per heavy atom. The number of nitrogens with zero attached hydrogens (tertiary/aromatic N) is 1. The molecule has 1 aromatic heterocycles. The van der Waals surface area contributed by atoms with Gasteiger partial charge < -0.3 is 38.3 Å². The van der Waals surface area contributed by atoms with Gasteiger partial charge in [-0.25, -0.2) is 4.39 Å². The summed E-state index contributed by atoms with van der Waals surface area (Å²) in [4.78, 5) is 67.2. The first kappa shape index (κ1) is 72.9. The van der Waals surface area contributed by atoms with Gasteiger partial charge in [0.25, 0.3) is 5.91 Å². The molecule has 1 aliphatic heterocycles. The van der Waals surface area contributed by atoms with Gasteiger partial charge in [0.15, 0.2) is 11.9 Å². The van der Waals surface area contributed by atoms with Crippen molar-refractivity contribution in [3.63, 3.8) is 0 Å². The van der Waals surface area contributed by atoms with Gasteiger partial charge in [0.05, 0.1) is 36.3 Å². The number of amides is 1. The van der Waals surface area contributed by atoms with Crippen molar-refractivity contribution in [3.8, 4) is 22.4 Å². The molecule has 14 heteroatoms. The molecule has 0 bridgehead atoms. The topological polar surface area (TPSA) is 158 Å². The van der Waals surface area contributed by atoms with Crippen molar-refractivity contribution in [1.82, 2.24) is 4.57 Å². The van der Waals surface area contributed by atoms with E-state index in [1.54, 1.807) is 26.0 Å². The Labute approximate surface area is 527 Å². The lowest BCUT2D eigenvalue weighted by Crippen LogP contribution is -2.45. The molecule has 488 valence electrons. The van der Waals surface area contributed by atoms with Crippen LogP contribution in [0.25, 0.3) is 22.4 Å². The number of hydrogen-bond acceptors (Lipinski definition) is 11. The molecule has 5 rings (SSSR count). The van der Waals surface area contributed by atoms with Gasteiger partial charge in [-0.05, 0) is 86.6 Å². The molecule has 4 aromatic rings. The van der Waals surface area contributed by atoms with Gasteiger partial charge in [-0.3, -0.25) is 24.0 Å². The fraction of sp³-hybridized carbons (Fsp3) is 0.635. The Kier molecular flexibility index (Phi) is 34.9. The molecule has 1 fully saturated rings. The van der Waals surface area contributed by atoms with E-state index in [0.29, 0.717) is 43.5 Å². The minimum absolute atomic E-state index is 0.102. The molecule has 1 N–H and O–H groups in total. The molecule has 0 unspecified atom stereocenters. The molecule has 1 saturated heterocycles. The van der Waals surface area contributed by atoms with E-state index in [0.717, 1.165) is 66.6 Å². The number of aromatic nitrogens is 1. The number of ether oxygens (including phenoxy) is 6. The first-order valence-corrected chi connectivity index (χ1v) is 34.1. The zero-order valence-corrected chi connectivity index (χ0v) is 54.7. The van der Waals surface area contributed by atoms with Gasteiger partial charge in [-0.2, -0.15) is 0 Å². The first-order valence-electron chi connectivity index (χ1n) is 34.1. The Hall–Kier alpha value is -5.86. The van der Waals surface area contributed by atoms with Crippen molar-refractivity contribution in [3.05, 3.63) is 102 Å². The van der Waals surface area contributed by atoms with Crippen molar-refractivity contribution in [2.45, 2.75) is 284 Å². The summed E-state index contributed by atoms with van der Waals surface area (Å²) < 4.78 is 52.0. The molecule has 13 nitrogen and oxygen atoms in total. The summed E-state index contributed by atoms with van der Waals surface area (Å²) >= 11 is 0. The number of carbonyl (C=O) groups excluding carboxylic acids is 5. The molecule has 1 aliphatic rings. The van der Waals surface area contributed by atoms with Crippen LogP contribution in [-0.4, -0.2) is 78.3 Å².